The average molecular weight is 342 g/mol. The lowest BCUT2D eigenvalue weighted by Crippen LogP contribution is -2.23. The van der Waals surface area contributed by atoms with Crippen LogP contribution in [0.2, 0.25) is 0 Å². The lowest BCUT2D eigenvalue weighted by Gasteiger charge is -2.06. The molecule has 124 valence electrons. The second-order valence-electron chi connectivity index (χ2n) is 6.37. The van der Waals surface area contributed by atoms with Gasteiger partial charge < -0.3 is 9.88 Å². The van der Waals surface area contributed by atoms with E-state index in [-0.39, 0.29) is 5.91 Å². The molecule has 0 bridgehead atoms. The van der Waals surface area contributed by atoms with E-state index in [1.807, 2.05) is 6.33 Å². The SMILES string of the molecule is CC(C)c1nnsc1CNC(=O)c1cnc2c(c1)ncn2C1CC1. The topological polar surface area (TPSA) is 85.6 Å². The van der Waals surface area contributed by atoms with Gasteiger partial charge in [-0.3, -0.25) is 4.79 Å². The summed E-state index contributed by atoms with van der Waals surface area (Å²) in [5.74, 6) is 0.133. The van der Waals surface area contributed by atoms with E-state index in [4.69, 9.17) is 0 Å². The summed E-state index contributed by atoms with van der Waals surface area (Å²) in [6.45, 7) is 4.56. The number of hydrogen-bond acceptors (Lipinski definition) is 6. The maximum absolute atomic E-state index is 12.4. The van der Waals surface area contributed by atoms with Crippen molar-refractivity contribution < 1.29 is 4.79 Å². The number of carbonyl (C=O) groups excluding carboxylic acids is 1. The van der Waals surface area contributed by atoms with Crippen molar-refractivity contribution in [3.8, 4) is 0 Å². The minimum atomic E-state index is -0.159. The predicted octanol–water partition coefficient (Wildman–Crippen LogP) is 2.67. The summed E-state index contributed by atoms with van der Waals surface area (Å²) >= 11 is 1.32. The molecule has 1 amide bonds. The maximum atomic E-state index is 12.4. The Hall–Kier alpha value is -2.35. The molecule has 3 heterocycles. The van der Waals surface area contributed by atoms with Gasteiger partial charge in [0.25, 0.3) is 5.91 Å². The molecule has 1 aliphatic carbocycles. The van der Waals surface area contributed by atoms with Crippen LogP contribution in [0.5, 0.6) is 0 Å². The van der Waals surface area contributed by atoms with Crippen LogP contribution in [0.15, 0.2) is 18.6 Å². The van der Waals surface area contributed by atoms with Crippen LogP contribution < -0.4 is 5.32 Å². The summed E-state index contributed by atoms with van der Waals surface area (Å²) in [6.07, 6.45) is 5.79. The Balaban J connectivity index is 1.50. The van der Waals surface area contributed by atoms with Crippen LogP contribution in [-0.4, -0.2) is 30.0 Å². The summed E-state index contributed by atoms with van der Waals surface area (Å²) in [4.78, 5) is 22.2. The van der Waals surface area contributed by atoms with Crippen LogP contribution in [0.25, 0.3) is 11.2 Å². The van der Waals surface area contributed by atoms with Gasteiger partial charge >= 0.3 is 0 Å². The summed E-state index contributed by atoms with van der Waals surface area (Å²) in [6, 6.07) is 2.32. The molecule has 0 unspecified atom stereocenters. The van der Waals surface area contributed by atoms with E-state index in [0.29, 0.717) is 24.1 Å². The molecular formula is C16H18N6OS. The highest BCUT2D eigenvalue weighted by Gasteiger charge is 2.25. The lowest BCUT2D eigenvalue weighted by atomic mass is 10.1. The number of fused-ring (bicyclic) bond motifs is 1. The molecule has 1 aliphatic rings. The molecule has 24 heavy (non-hydrogen) atoms. The first-order valence-electron chi connectivity index (χ1n) is 8.05. The first-order chi connectivity index (χ1) is 11.6. The highest BCUT2D eigenvalue weighted by molar-refractivity contribution is 7.05. The fraction of sp³-hybridized carbons (Fsp3) is 0.438. The lowest BCUT2D eigenvalue weighted by molar-refractivity contribution is 0.0951. The van der Waals surface area contributed by atoms with Crippen LogP contribution in [0.4, 0.5) is 0 Å². The molecule has 7 nitrogen and oxygen atoms in total. The summed E-state index contributed by atoms with van der Waals surface area (Å²) < 4.78 is 6.07. The summed E-state index contributed by atoms with van der Waals surface area (Å²) in [5, 5.41) is 7.04. The fourth-order valence-corrected chi connectivity index (χ4v) is 3.44. The number of rotatable bonds is 5. The number of carbonyl (C=O) groups is 1. The van der Waals surface area contributed by atoms with Crippen molar-refractivity contribution in [3.63, 3.8) is 0 Å². The Morgan fingerprint density at radius 1 is 1.42 bits per heavy atom. The van der Waals surface area contributed by atoms with Crippen molar-refractivity contribution in [1.82, 2.24) is 29.4 Å². The Labute approximate surface area is 143 Å². The fourth-order valence-electron chi connectivity index (χ4n) is 2.70. The second-order valence-corrected chi connectivity index (χ2v) is 7.21. The minimum Gasteiger partial charge on any atom is -0.347 e. The molecule has 3 aromatic heterocycles. The van der Waals surface area contributed by atoms with Gasteiger partial charge in [-0.2, -0.15) is 0 Å². The first kappa shape index (κ1) is 15.2. The molecule has 1 saturated carbocycles. The third-order valence-electron chi connectivity index (χ3n) is 4.16. The van der Waals surface area contributed by atoms with Crippen LogP contribution >= 0.6 is 11.5 Å². The molecule has 1 N–H and O–H groups in total. The molecule has 0 spiro atoms. The van der Waals surface area contributed by atoms with Gasteiger partial charge in [0, 0.05) is 12.2 Å². The average Bonchev–Trinajstić information content (AvgIpc) is 3.15. The van der Waals surface area contributed by atoms with Gasteiger partial charge in [0.05, 0.1) is 29.0 Å². The molecule has 0 radical (unpaired) electrons. The van der Waals surface area contributed by atoms with Gasteiger partial charge in [-0.1, -0.05) is 18.3 Å². The molecule has 3 aromatic rings. The Morgan fingerprint density at radius 3 is 3.00 bits per heavy atom. The normalized spacial score (nSPS) is 14.5. The number of pyridine rings is 1. The zero-order valence-corrected chi connectivity index (χ0v) is 14.4. The summed E-state index contributed by atoms with van der Waals surface area (Å²) in [7, 11) is 0. The Bertz CT molecular complexity index is 895. The van der Waals surface area contributed by atoms with E-state index in [1.54, 1.807) is 12.3 Å². The van der Waals surface area contributed by atoms with Crippen LogP contribution in [-0.2, 0) is 6.54 Å². The molecule has 1 fully saturated rings. The van der Waals surface area contributed by atoms with E-state index in [0.717, 1.165) is 21.7 Å². The van der Waals surface area contributed by atoms with Crippen molar-refractivity contribution >= 4 is 28.6 Å². The van der Waals surface area contributed by atoms with Gasteiger partial charge in [-0.05, 0) is 36.4 Å². The van der Waals surface area contributed by atoms with Crippen molar-refractivity contribution in [3.05, 3.63) is 34.7 Å². The van der Waals surface area contributed by atoms with Gasteiger partial charge in [0.15, 0.2) is 5.65 Å². The van der Waals surface area contributed by atoms with Crippen molar-refractivity contribution in [2.24, 2.45) is 0 Å². The van der Waals surface area contributed by atoms with Gasteiger partial charge in [-0.15, -0.1) is 5.10 Å². The quantitative estimate of drug-likeness (QED) is 0.770. The number of hydrogen-bond donors (Lipinski definition) is 1. The molecule has 0 atom stereocenters. The number of nitrogens with zero attached hydrogens (tertiary/aromatic N) is 5. The number of amides is 1. The standard InChI is InChI=1S/C16H18N6OS/c1-9(2)14-13(24-21-20-14)7-18-16(23)10-5-12-15(17-6-10)22(8-19-12)11-3-4-11/h5-6,8-9,11H,3-4,7H2,1-2H3,(H,18,23). The third-order valence-corrected chi connectivity index (χ3v) is 4.89. The zero-order chi connectivity index (χ0) is 16.7. The van der Waals surface area contributed by atoms with Crippen molar-refractivity contribution in [1.29, 1.82) is 0 Å². The van der Waals surface area contributed by atoms with Crippen molar-refractivity contribution in [2.45, 2.75) is 45.2 Å². The van der Waals surface area contributed by atoms with E-state index < -0.39 is 0 Å². The molecule has 4 rings (SSSR count). The predicted molar refractivity (Wildman–Crippen MR) is 91.0 cm³/mol. The maximum Gasteiger partial charge on any atom is 0.253 e. The van der Waals surface area contributed by atoms with E-state index in [2.05, 4.69) is 43.3 Å². The zero-order valence-electron chi connectivity index (χ0n) is 13.6. The van der Waals surface area contributed by atoms with Crippen LogP contribution in [0, 0.1) is 0 Å². The number of imidazole rings is 1. The molecule has 0 saturated heterocycles. The molecule has 0 aromatic carbocycles. The largest absolute Gasteiger partial charge is 0.347 e. The third kappa shape index (κ3) is 2.77. The highest BCUT2D eigenvalue weighted by Crippen LogP contribution is 2.36. The van der Waals surface area contributed by atoms with Crippen LogP contribution in [0.1, 0.15) is 59.6 Å². The molecular weight excluding hydrogens is 324 g/mol. The van der Waals surface area contributed by atoms with E-state index >= 15 is 0 Å². The van der Waals surface area contributed by atoms with Gasteiger partial charge in [0.2, 0.25) is 0 Å². The van der Waals surface area contributed by atoms with E-state index in [1.165, 1.54) is 24.4 Å². The first-order valence-corrected chi connectivity index (χ1v) is 8.82. The highest BCUT2D eigenvalue weighted by atomic mass is 32.1. The summed E-state index contributed by atoms with van der Waals surface area (Å²) in [5.41, 5.74) is 3.07. The number of aromatic nitrogens is 5. The van der Waals surface area contributed by atoms with Crippen LogP contribution in [0.3, 0.4) is 0 Å². The van der Waals surface area contributed by atoms with Gasteiger partial charge in [-0.25, -0.2) is 9.97 Å². The Morgan fingerprint density at radius 2 is 2.25 bits per heavy atom. The molecule has 0 aliphatic heterocycles. The smallest absolute Gasteiger partial charge is 0.253 e. The number of nitrogens with one attached hydrogen (secondary N) is 1. The monoisotopic (exact) mass is 342 g/mol. The second kappa shape index (κ2) is 5.94. The Kier molecular flexibility index (Phi) is 3.76. The molecule has 8 heteroatoms. The van der Waals surface area contributed by atoms with E-state index in [9.17, 15) is 4.79 Å². The van der Waals surface area contributed by atoms with Gasteiger partial charge in [0.1, 0.15) is 5.52 Å². The minimum absolute atomic E-state index is 0.159. The van der Waals surface area contributed by atoms with Crippen molar-refractivity contribution in [2.75, 3.05) is 0 Å².